The fraction of sp³-hybridized carbons (Fsp3) is 0.241. The number of fused-ring (bicyclic) bond motifs is 3. The second-order valence-electron chi connectivity index (χ2n) is 9.97. The fourth-order valence-electron chi connectivity index (χ4n) is 5.13. The summed E-state index contributed by atoms with van der Waals surface area (Å²) in [6.45, 7) is 0.454. The number of alkyl halides is 1. The van der Waals surface area contributed by atoms with Crippen LogP contribution in [-0.2, 0) is 22.0 Å². The number of sulfone groups is 1. The van der Waals surface area contributed by atoms with Gasteiger partial charge in [0.2, 0.25) is 0 Å². The van der Waals surface area contributed by atoms with Crippen molar-refractivity contribution in [3.05, 3.63) is 92.0 Å². The summed E-state index contributed by atoms with van der Waals surface area (Å²) in [7, 11) is -3.17. The van der Waals surface area contributed by atoms with Gasteiger partial charge < -0.3 is 14.5 Å². The molecule has 1 unspecified atom stereocenters. The lowest BCUT2D eigenvalue weighted by Gasteiger charge is -2.35. The minimum absolute atomic E-state index is 0.0750. The second-order valence-corrected chi connectivity index (χ2v) is 14.2. The van der Waals surface area contributed by atoms with Crippen molar-refractivity contribution >= 4 is 62.6 Å². The molecule has 3 heterocycles. The van der Waals surface area contributed by atoms with Crippen LogP contribution in [0.5, 0.6) is 16.7 Å². The Morgan fingerprint density at radius 3 is 2.61 bits per heavy atom. The highest BCUT2D eigenvalue weighted by atomic mass is 35.5. The number of ether oxygens (including phenoxy) is 2. The maximum atomic E-state index is 13.5. The molecule has 2 aromatic heterocycles. The van der Waals surface area contributed by atoms with Crippen LogP contribution >= 0.6 is 34.5 Å². The second kappa shape index (κ2) is 11.2. The van der Waals surface area contributed by atoms with Crippen molar-refractivity contribution in [2.45, 2.75) is 30.0 Å². The first kappa shape index (κ1) is 27.8. The number of carbonyl (C=O) groups is 1. The lowest BCUT2D eigenvalue weighted by molar-refractivity contribution is 0.135. The van der Waals surface area contributed by atoms with Gasteiger partial charge in [-0.15, -0.1) is 11.6 Å². The Labute approximate surface area is 250 Å². The number of thiazole rings is 1. The third-order valence-electron chi connectivity index (χ3n) is 6.88. The molecule has 8 nitrogen and oxygen atoms in total. The van der Waals surface area contributed by atoms with E-state index in [1.54, 1.807) is 41.3 Å². The minimum Gasteiger partial charge on any atom is -0.431 e. The Kier molecular flexibility index (Phi) is 7.58. The number of amides is 1. The molecule has 12 heteroatoms. The number of aromatic amines is 1. The summed E-state index contributed by atoms with van der Waals surface area (Å²) in [6.07, 6.45) is 7.78. The molecule has 2 atom stereocenters. The largest absolute Gasteiger partial charge is 0.431 e. The average molecular weight is 631 g/mol. The standard InChI is InChI=1S/C29H25Cl2N3O5S2/c1-41(36,37)16-22-15-32-28(40-22)38-20-7-2-17(3-8-20)27-26-23(24-14-19(31)6-11-25(24)33-26)12-13-34(27)29(35)39-21-9-4-18(30)5-10-21/h2-5,7-11,14-15,19,27,33H,6,12-13,16H2,1H3/t19?,27-/m0/s1. The van der Waals surface area contributed by atoms with Gasteiger partial charge in [-0.25, -0.2) is 18.2 Å². The maximum absolute atomic E-state index is 13.5. The lowest BCUT2D eigenvalue weighted by atomic mass is 9.92. The van der Waals surface area contributed by atoms with Crippen LogP contribution < -0.4 is 20.0 Å². The number of rotatable bonds is 6. The van der Waals surface area contributed by atoms with Crippen LogP contribution in [0.25, 0.3) is 12.2 Å². The number of halogens is 2. The van der Waals surface area contributed by atoms with Crippen LogP contribution in [0.2, 0.25) is 5.02 Å². The predicted molar refractivity (Wildman–Crippen MR) is 160 cm³/mol. The topological polar surface area (TPSA) is 102 Å². The molecule has 0 fully saturated rings. The Balaban J connectivity index is 1.31. The van der Waals surface area contributed by atoms with E-state index in [-0.39, 0.29) is 11.1 Å². The highest BCUT2D eigenvalue weighted by molar-refractivity contribution is 7.90. The SMILES string of the molecule is CS(=O)(=O)Cc1cnc(Oc2ccc([C@H]3c4[nH]c5c(c4CCN3C(=O)Oc3ccc(Cl)cc3)=CC(Cl)CC=5)cc2)s1. The Morgan fingerprint density at radius 2 is 1.88 bits per heavy atom. The van der Waals surface area contributed by atoms with Crippen LogP contribution in [-0.4, -0.2) is 47.6 Å². The lowest BCUT2D eigenvalue weighted by Crippen LogP contribution is -2.43. The van der Waals surface area contributed by atoms with E-state index in [1.165, 1.54) is 23.8 Å². The molecule has 0 saturated heterocycles. The third kappa shape index (κ3) is 6.16. The van der Waals surface area contributed by atoms with Crippen molar-refractivity contribution in [2.24, 2.45) is 0 Å². The van der Waals surface area contributed by atoms with Crippen molar-refractivity contribution in [1.82, 2.24) is 14.9 Å². The molecule has 1 aliphatic heterocycles. The van der Waals surface area contributed by atoms with Crippen molar-refractivity contribution in [3.63, 3.8) is 0 Å². The zero-order chi connectivity index (χ0) is 28.7. The number of H-pyrrole nitrogens is 1. The number of hydrogen-bond acceptors (Lipinski definition) is 7. The van der Waals surface area contributed by atoms with Gasteiger partial charge in [-0.3, -0.25) is 4.90 Å². The molecule has 1 amide bonds. The molecule has 2 aromatic carbocycles. The molecule has 2 aliphatic rings. The molecule has 1 aliphatic carbocycles. The quantitative estimate of drug-likeness (QED) is 0.295. The molecule has 4 aromatic rings. The molecule has 0 bridgehead atoms. The molecule has 0 saturated carbocycles. The van der Waals surface area contributed by atoms with Crippen LogP contribution in [0.15, 0.2) is 54.7 Å². The van der Waals surface area contributed by atoms with E-state index in [0.717, 1.165) is 33.8 Å². The Hall–Kier alpha value is -3.31. The molecular formula is C29H25Cl2N3O5S2. The molecule has 0 radical (unpaired) electrons. The molecule has 1 N–H and O–H groups in total. The fourth-order valence-corrected chi connectivity index (χ4v) is 7.52. The van der Waals surface area contributed by atoms with E-state index in [9.17, 15) is 13.2 Å². The normalized spacial score (nSPS) is 18.1. The molecule has 6 rings (SSSR count). The van der Waals surface area contributed by atoms with E-state index in [4.69, 9.17) is 32.7 Å². The van der Waals surface area contributed by atoms with Gasteiger partial charge in [0.25, 0.3) is 5.19 Å². The maximum Gasteiger partial charge on any atom is 0.416 e. The number of carbonyl (C=O) groups excluding carboxylic acids is 1. The van der Waals surface area contributed by atoms with Gasteiger partial charge in [-0.2, -0.15) is 0 Å². The van der Waals surface area contributed by atoms with E-state index < -0.39 is 22.0 Å². The van der Waals surface area contributed by atoms with Crippen molar-refractivity contribution in [3.8, 4) is 16.7 Å². The monoisotopic (exact) mass is 629 g/mol. The number of nitrogens with one attached hydrogen (secondary N) is 1. The van der Waals surface area contributed by atoms with Gasteiger partial charge in [-0.1, -0.05) is 47.2 Å². The van der Waals surface area contributed by atoms with Crippen molar-refractivity contribution < 1.29 is 22.7 Å². The molecule has 212 valence electrons. The smallest absolute Gasteiger partial charge is 0.416 e. The number of aromatic nitrogens is 2. The van der Waals surface area contributed by atoms with E-state index in [0.29, 0.717) is 39.6 Å². The first-order valence-electron chi connectivity index (χ1n) is 12.8. The van der Waals surface area contributed by atoms with E-state index >= 15 is 0 Å². The number of nitrogens with zero attached hydrogens (tertiary/aromatic N) is 2. The summed E-state index contributed by atoms with van der Waals surface area (Å²) < 4.78 is 34.8. The highest BCUT2D eigenvalue weighted by Crippen LogP contribution is 2.35. The van der Waals surface area contributed by atoms with Crippen LogP contribution in [0.1, 0.15) is 34.2 Å². The van der Waals surface area contributed by atoms with Gasteiger partial charge >= 0.3 is 6.09 Å². The van der Waals surface area contributed by atoms with Crippen LogP contribution in [0.4, 0.5) is 4.79 Å². The van der Waals surface area contributed by atoms with Gasteiger partial charge in [0.05, 0.1) is 11.1 Å². The van der Waals surface area contributed by atoms with Crippen LogP contribution in [0.3, 0.4) is 0 Å². The van der Waals surface area contributed by atoms with Gasteiger partial charge in [-0.05, 0) is 60.4 Å². The first-order chi connectivity index (χ1) is 19.6. The Morgan fingerprint density at radius 1 is 1.15 bits per heavy atom. The minimum atomic E-state index is -3.17. The first-order valence-corrected chi connectivity index (χ1v) is 16.5. The highest BCUT2D eigenvalue weighted by Gasteiger charge is 2.35. The van der Waals surface area contributed by atoms with Crippen molar-refractivity contribution in [2.75, 3.05) is 12.8 Å². The summed E-state index contributed by atoms with van der Waals surface area (Å²) in [5, 5.41) is 2.94. The van der Waals surface area contributed by atoms with E-state index in [1.807, 2.05) is 12.1 Å². The number of benzene rings is 2. The molecule has 0 spiro atoms. The summed E-state index contributed by atoms with van der Waals surface area (Å²) in [4.78, 5) is 23.6. The zero-order valence-electron chi connectivity index (χ0n) is 21.8. The summed E-state index contributed by atoms with van der Waals surface area (Å²) in [5.74, 6) is 0.861. The summed E-state index contributed by atoms with van der Waals surface area (Å²) in [6, 6.07) is 13.7. The van der Waals surface area contributed by atoms with Gasteiger partial charge in [0, 0.05) is 45.2 Å². The Bertz CT molecular complexity index is 1830. The summed E-state index contributed by atoms with van der Waals surface area (Å²) >= 11 is 13.6. The number of hydrogen-bond donors (Lipinski definition) is 1. The van der Waals surface area contributed by atoms with Crippen LogP contribution in [0, 0.1) is 0 Å². The average Bonchev–Trinajstić information content (AvgIpc) is 3.52. The molecule has 41 heavy (non-hydrogen) atoms. The predicted octanol–water partition coefficient (Wildman–Crippen LogP) is 5.18. The van der Waals surface area contributed by atoms with Gasteiger partial charge in [0.1, 0.15) is 17.5 Å². The zero-order valence-corrected chi connectivity index (χ0v) is 25.0. The third-order valence-corrected chi connectivity index (χ3v) is 9.33. The van der Waals surface area contributed by atoms with Gasteiger partial charge in [0.15, 0.2) is 9.84 Å². The van der Waals surface area contributed by atoms with Crippen molar-refractivity contribution in [1.29, 1.82) is 0 Å². The van der Waals surface area contributed by atoms with E-state index in [2.05, 4.69) is 22.1 Å². The molecular weight excluding hydrogens is 605 g/mol. The summed E-state index contributed by atoms with van der Waals surface area (Å²) in [5.41, 5.74) is 2.93.